The van der Waals surface area contributed by atoms with Crippen molar-refractivity contribution in [3.05, 3.63) is 40.9 Å². The number of benzene rings is 1. The van der Waals surface area contributed by atoms with E-state index in [1.165, 1.54) is 6.08 Å². The van der Waals surface area contributed by atoms with Crippen molar-refractivity contribution in [3.8, 4) is 0 Å². The van der Waals surface area contributed by atoms with Gasteiger partial charge in [-0.25, -0.2) is 0 Å². The molecule has 0 aliphatic carbocycles. The molecule has 1 fully saturated rings. The van der Waals surface area contributed by atoms with Gasteiger partial charge in [0.05, 0.1) is 0 Å². The lowest BCUT2D eigenvalue weighted by atomic mass is 10.1. The average Bonchev–Trinajstić information content (AvgIpc) is 2.41. The molecule has 1 unspecified atom stereocenters. The van der Waals surface area contributed by atoms with Crippen LogP contribution in [0.5, 0.6) is 0 Å². The van der Waals surface area contributed by atoms with Crippen molar-refractivity contribution in [1.29, 1.82) is 0 Å². The van der Waals surface area contributed by atoms with Crippen LogP contribution in [0.1, 0.15) is 18.4 Å². The molecule has 19 heavy (non-hydrogen) atoms. The zero-order chi connectivity index (χ0) is 13.7. The minimum atomic E-state index is -0.156. The predicted octanol–water partition coefficient (Wildman–Crippen LogP) is 1.75. The van der Waals surface area contributed by atoms with E-state index in [2.05, 4.69) is 10.6 Å². The third-order valence-electron chi connectivity index (χ3n) is 2.91. The van der Waals surface area contributed by atoms with Gasteiger partial charge >= 0.3 is 0 Å². The van der Waals surface area contributed by atoms with Gasteiger partial charge in [-0.05, 0) is 30.2 Å². The van der Waals surface area contributed by atoms with Crippen molar-refractivity contribution in [2.24, 2.45) is 0 Å². The highest BCUT2D eigenvalue weighted by molar-refractivity contribution is 6.30. The molecular weight excluding hydrogens is 264 g/mol. The molecule has 0 aromatic heterocycles. The molecule has 2 amide bonds. The van der Waals surface area contributed by atoms with Crippen LogP contribution in [-0.2, 0) is 9.59 Å². The molecule has 0 saturated carbocycles. The molecule has 1 heterocycles. The van der Waals surface area contributed by atoms with Crippen LogP contribution in [0.2, 0.25) is 5.02 Å². The first-order valence-corrected chi connectivity index (χ1v) is 6.52. The number of piperidine rings is 1. The number of nitrogens with one attached hydrogen (secondary N) is 2. The summed E-state index contributed by atoms with van der Waals surface area (Å²) >= 11 is 5.78. The molecule has 5 heteroatoms. The third-order valence-corrected chi connectivity index (χ3v) is 3.16. The van der Waals surface area contributed by atoms with E-state index < -0.39 is 0 Å². The van der Waals surface area contributed by atoms with E-state index in [9.17, 15) is 9.59 Å². The molecule has 1 saturated heterocycles. The number of carbonyl (C=O) groups excluding carboxylic acids is 2. The van der Waals surface area contributed by atoms with Gasteiger partial charge in [-0.2, -0.15) is 0 Å². The predicted molar refractivity (Wildman–Crippen MR) is 74.7 cm³/mol. The first kappa shape index (κ1) is 13.6. The van der Waals surface area contributed by atoms with Crippen LogP contribution >= 0.6 is 11.6 Å². The molecule has 0 spiro atoms. The number of amides is 2. The van der Waals surface area contributed by atoms with Crippen LogP contribution in [0.25, 0.3) is 6.08 Å². The maximum atomic E-state index is 11.7. The molecule has 1 aliphatic heterocycles. The van der Waals surface area contributed by atoms with E-state index in [1.54, 1.807) is 18.2 Å². The molecular formula is C14H15ClN2O2. The van der Waals surface area contributed by atoms with E-state index in [1.807, 2.05) is 12.1 Å². The minimum absolute atomic E-state index is 0.0140. The Bertz CT molecular complexity index is 487. The second-order valence-electron chi connectivity index (χ2n) is 4.43. The first-order chi connectivity index (χ1) is 9.13. The molecule has 1 aliphatic rings. The topological polar surface area (TPSA) is 58.2 Å². The van der Waals surface area contributed by atoms with Gasteiger partial charge in [0, 0.05) is 30.1 Å². The molecule has 2 N–H and O–H groups in total. The summed E-state index contributed by atoms with van der Waals surface area (Å²) in [6.07, 6.45) is 4.37. The fraction of sp³-hybridized carbons (Fsp3) is 0.286. The normalized spacial score (nSPS) is 19.2. The van der Waals surface area contributed by atoms with Gasteiger partial charge in [0.1, 0.15) is 0 Å². The quantitative estimate of drug-likeness (QED) is 0.828. The molecule has 2 rings (SSSR count). The third kappa shape index (κ3) is 4.41. The second kappa shape index (κ2) is 6.38. The van der Waals surface area contributed by atoms with Crippen LogP contribution in [0.15, 0.2) is 30.3 Å². The molecule has 1 atom stereocenters. The average molecular weight is 279 g/mol. The summed E-state index contributed by atoms with van der Waals surface area (Å²) in [4.78, 5) is 22.7. The van der Waals surface area contributed by atoms with E-state index >= 15 is 0 Å². The van der Waals surface area contributed by atoms with Crippen molar-refractivity contribution >= 4 is 29.5 Å². The lowest BCUT2D eigenvalue weighted by molar-refractivity contribution is -0.124. The summed E-state index contributed by atoms with van der Waals surface area (Å²) in [5, 5.41) is 6.25. The summed E-state index contributed by atoms with van der Waals surface area (Å²) in [7, 11) is 0. The second-order valence-corrected chi connectivity index (χ2v) is 4.87. The van der Waals surface area contributed by atoms with Crippen molar-refractivity contribution < 1.29 is 9.59 Å². The van der Waals surface area contributed by atoms with Gasteiger partial charge in [-0.15, -0.1) is 0 Å². The molecule has 0 bridgehead atoms. The number of hydrogen-bond donors (Lipinski definition) is 2. The smallest absolute Gasteiger partial charge is 0.244 e. The lowest BCUT2D eigenvalue weighted by Gasteiger charge is -2.22. The highest BCUT2D eigenvalue weighted by Crippen LogP contribution is 2.10. The highest BCUT2D eigenvalue weighted by Gasteiger charge is 2.18. The summed E-state index contributed by atoms with van der Waals surface area (Å²) in [6.45, 7) is 0.499. The monoisotopic (exact) mass is 278 g/mol. The van der Waals surface area contributed by atoms with E-state index in [0.717, 1.165) is 5.56 Å². The van der Waals surface area contributed by atoms with Gasteiger partial charge < -0.3 is 10.6 Å². The van der Waals surface area contributed by atoms with Crippen molar-refractivity contribution in [1.82, 2.24) is 10.6 Å². The largest absolute Gasteiger partial charge is 0.354 e. The van der Waals surface area contributed by atoms with Gasteiger partial charge in [0.2, 0.25) is 11.8 Å². The number of rotatable bonds is 3. The SMILES string of the molecule is O=C(C=Cc1ccc(Cl)cc1)NC1CCC(=O)NC1. The van der Waals surface area contributed by atoms with Gasteiger partial charge in [0.15, 0.2) is 0 Å². The van der Waals surface area contributed by atoms with Crippen LogP contribution in [0.3, 0.4) is 0 Å². The standard InChI is InChI=1S/C14H15ClN2O2/c15-11-4-1-10(2-5-11)3-7-14(19)17-12-6-8-13(18)16-9-12/h1-5,7,12H,6,8-9H2,(H,16,18)(H,17,19). The minimum Gasteiger partial charge on any atom is -0.354 e. The number of carbonyl (C=O) groups is 2. The van der Waals surface area contributed by atoms with Gasteiger partial charge in [0.25, 0.3) is 0 Å². The fourth-order valence-corrected chi connectivity index (χ4v) is 1.98. The van der Waals surface area contributed by atoms with Crippen LogP contribution in [-0.4, -0.2) is 24.4 Å². The van der Waals surface area contributed by atoms with Crippen molar-refractivity contribution in [2.75, 3.05) is 6.54 Å². The Hall–Kier alpha value is -1.81. The maximum Gasteiger partial charge on any atom is 0.244 e. The van der Waals surface area contributed by atoms with E-state index in [0.29, 0.717) is 24.4 Å². The number of hydrogen-bond acceptors (Lipinski definition) is 2. The zero-order valence-corrected chi connectivity index (χ0v) is 11.1. The highest BCUT2D eigenvalue weighted by atomic mass is 35.5. The molecule has 0 radical (unpaired) electrons. The first-order valence-electron chi connectivity index (χ1n) is 6.14. The van der Waals surface area contributed by atoms with E-state index in [4.69, 9.17) is 11.6 Å². The van der Waals surface area contributed by atoms with Gasteiger partial charge in [-0.1, -0.05) is 23.7 Å². The molecule has 1 aromatic carbocycles. The van der Waals surface area contributed by atoms with Crippen molar-refractivity contribution in [3.63, 3.8) is 0 Å². The van der Waals surface area contributed by atoms with Crippen LogP contribution < -0.4 is 10.6 Å². The molecule has 4 nitrogen and oxygen atoms in total. The molecule has 1 aromatic rings. The maximum absolute atomic E-state index is 11.7. The summed E-state index contributed by atoms with van der Waals surface area (Å²) in [6, 6.07) is 7.24. The Morgan fingerprint density at radius 1 is 1.37 bits per heavy atom. The van der Waals surface area contributed by atoms with Gasteiger partial charge in [-0.3, -0.25) is 9.59 Å². The van der Waals surface area contributed by atoms with E-state index in [-0.39, 0.29) is 17.9 Å². The summed E-state index contributed by atoms with van der Waals surface area (Å²) in [5.41, 5.74) is 0.913. The zero-order valence-electron chi connectivity index (χ0n) is 10.4. The lowest BCUT2D eigenvalue weighted by Crippen LogP contribution is -2.47. The number of halogens is 1. The summed E-state index contributed by atoms with van der Waals surface area (Å²) < 4.78 is 0. The Morgan fingerprint density at radius 2 is 2.11 bits per heavy atom. The van der Waals surface area contributed by atoms with Crippen LogP contribution in [0, 0.1) is 0 Å². The Kier molecular flexibility index (Phi) is 4.58. The Balaban J connectivity index is 1.83. The summed E-state index contributed by atoms with van der Waals surface area (Å²) in [5.74, 6) is -0.113. The Labute approximate surface area is 116 Å². The van der Waals surface area contributed by atoms with Crippen molar-refractivity contribution in [2.45, 2.75) is 18.9 Å². The fourth-order valence-electron chi connectivity index (χ4n) is 1.85. The molecule has 100 valence electrons. The van der Waals surface area contributed by atoms with Crippen LogP contribution in [0.4, 0.5) is 0 Å². The Morgan fingerprint density at radius 3 is 2.74 bits per heavy atom.